The van der Waals surface area contributed by atoms with Crippen LogP contribution in [0.3, 0.4) is 0 Å². The summed E-state index contributed by atoms with van der Waals surface area (Å²) in [6, 6.07) is 10.1. The van der Waals surface area contributed by atoms with Gasteiger partial charge in [-0.3, -0.25) is 5.84 Å². The van der Waals surface area contributed by atoms with Gasteiger partial charge in [0.2, 0.25) is 0 Å². The smallest absolute Gasteiger partial charge is 0.0722 e. The van der Waals surface area contributed by atoms with E-state index in [0.717, 1.165) is 16.5 Å². The number of nitrogen functional groups attached to an aromatic ring is 2. The zero-order valence-corrected chi connectivity index (χ0v) is 8.04. The van der Waals surface area contributed by atoms with Gasteiger partial charge in [0.05, 0.1) is 11.4 Å². The molecule has 14 heavy (non-hydrogen) atoms. The van der Waals surface area contributed by atoms with Crippen LogP contribution in [0, 0.1) is 6.92 Å². The summed E-state index contributed by atoms with van der Waals surface area (Å²) >= 11 is 0. The first kappa shape index (κ1) is 8.84. The van der Waals surface area contributed by atoms with Crippen molar-refractivity contribution < 1.29 is 0 Å². The number of aryl methyl sites for hydroxylation is 1. The molecule has 0 saturated heterocycles. The summed E-state index contributed by atoms with van der Waals surface area (Å²) in [6.45, 7) is 2.04. The molecule has 0 radical (unpaired) electrons. The van der Waals surface area contributed by atoms with Crippen LogP contribution < -0.4 is 17.0 Å². The molecule has 3 heteroatoms. The highest BCUT2D eigenvalue weighted by Crippen LogP contribution is 2.28. The van der Waals surface area contributed by atoms with Crippen molar-refractivity contribution in [2.45, 2.75) is 6.92 Å². The molecular weight excluding hydrogens is 174 g/mol. The average molecular weight is 187 g/mol. The highest BCUT2D eigenvalue weighted by atomic mass is 15.2. The fraction of sp³-hybridized carbons (Fsp3) is 0.0909. The van der Waals surface area contributed by atoms with Gasteiger partial charge < -0.3 is 11.2 Å². The molecule has 2 rings (SSSR count). The molecule has 0 aromatic heterocycles. The fourth-order valence-corrected chi connectivity index (χ4v) is 1.58. The van der Waals surface area contributed by atoms with Gasteiger partial charge in [-0.2, -0.15) is 0 Å². The molecule has 2 aromatic carbocycles. The molecule has 0 amide bonds. The summed E-state index contributed by atoms with van der Waals surface area (Å²) in [4.78, 5) is 0. The summed E-state index contributed by atoms with van der Waals surface area (Å²) in [7, 11) is 0. The average Bonchev–Trinajstić information content (AvgIpc) is 2.20. The maximum absolute atomic E-state index is 5.96. The Balaban J connectivity index is 2.79. The molecular formula is C11H13N3. The van der Waals surface area contributed by atoms with Crippen molar-refractivity contribution in [1.82, 2.24) is 0 Å². The lowest BCUT2D eigenvalue weighted by atomic mass is 10.1. The lowest BCUT2D eigenvalue weighted by molar-refractivity contribution is 1.36. The molecule has 0 unspecified atom stereocenters. The van der Waals surface area contributed by atoms with Gasteiger partial charge in [0.15, 0.2) is 0 Å². The number of benzene rings is 2. The van der Waals surface area contributed by atoms with Crippen molar-refractivity contribution in [3.05, 3.63) is 35.9 Å². The first-order valence-corrected chi connectivity index (χ1v) is 4.48. The number of nitrogens with two attached hydrogens (primary N) is 2. The number of nitrogens with one attached hydrogen (secondary N) is 1. The summed E-state index contributed by atoms with van der Waals surface area (Å²) in [6.07, 6.45) is 0. The second-order valence-corrected chi connectivity index (χ2v) is 3.40. The van der Waals surface area contributed by atoms with Gasteiger partial charge in [0.25, 0.3) is 0 Å². The predicted octanol–water partition coefficient (Wildman–Crippen LogP) is 2.02. The number of anilines is 2. The summed E-state index contributed by atoms with van der Waals surface area (Å²) in [5.74, 6) is 5.35. The van der Waals surface area contributed by atoms with Crippen LogP contribution in [0.4, 0.5) is 11.4 Å². The van der Waals surface area contributed by atoms with E-state index in [1.807, 2.05) is 19.1 Å². The lowest BCUT2D eigenvalue weighted by Gasteiger charge is -2.08. The van der Waals surface area contributed by atoms with Gasteiger partial charge in [0, 0.05) is 5.39 Å². The van der Waals surface area contributed by atoms with E-state index in [-0.39, 0.29) is 0 Å². The van der Waals surface area contributed by atoms with E-state index in [4.69, 9.17) is 11.6 Å². The van der Waals surface area contributed by atoms with Crippen LogP contribution in [-0.2, 0) is 0 Å². The van der Waals surface area contributed by atoms with E-state index in [9.17, 15) is 0 Å². The predicted molar refractivity (Wildman–Crippen MR) is 60.9 cm³/mol. The Morgan fingerprint density at radius 3 is 2.57 bits per heavy atom. The SMILES string of the molecule is Cc1ccc2ccc(NN)c(N)c2c1. The zero-order chi connectivity index (χ0) is 10.1. The van der Waals surface area contributed by atoms with E-state index < -0.39 is 0 Å². The van der Waals surface area contributed by atoms with E-state index in [1.54, 1.807) is 0 Å². The van der Waals surface area contributed by atoms with Gasteiger partial charge in [-0.1, -0.05) is 23.8 Å². The van der Waals surface area contributed by atoms with Crippen molar-refractivity contribution in [3.8, 4) is 0 Å². The van der Waals surface area contributed by atoms with Crippen LogP contribution in [0.25, 0.3) is 10.8 Å². The maximum Gasteiger partial charge on any atom is 0.0722 e. The number of hydrogen-bond donors (Lipinski definition) is 3. The third-order valence-electron chi connectivity index (χ3n) is 2.37. The zero-order valence-electron chi connectivity index (χ0n) is 8.04. The van der Waals surface area contributed by atoms with Crippen LogP contribution in [0.5, 0.6) is 0 Å². The minimum Gasteiger partial charge on any atom is -0.397 e. The second-order valence-electron chi connectivity index (χ2n) is 3.40. The van der Waals surface area contributed by atoms with Gasteiger partial charge in [-0.15, -0.1) is 0 Å². The van der Waals surface area contributed by atoms with E-state index in [0.29, 0.717) is 5.69 Å². The monoisotopic (exact) mass is 187 g/mol. The van der Waals surface area contributed by atoms with Crippen molar-refractivity contribution in [2.75, 3.05) is 11.2 Å². The molecule has 5 N–H and O–H groups in total. The van der Waals surface area contributed by atoms with E-state index in [1.165, 1.54) is 5.56 Å². The molecule has 0 bridgehead atoms. The molecule has 72 valence electrons. The topological polar surface area (TPSA) is 64.1 Å². The van der Waals surface area contributed by atoms with Crippen LogP contribution in [0.15, 0.2) is 30.3 Å². The number of hydrogen-bond acceptors (Lipinski definition) is 3. The standard InChI is InChI=1S/C11H13N3/c1-7-2-3-8-4-5-10(14-13)11(12)9(8)6-7/h2-6,14H,12-13H2,1H3. The van der Waals surface area contributed by atoms with Gasteiger partial charge in [-0.25, -0.2) is 0 Å². The molecule has 0 saturated carbocycles. The Labute approximate surface area is 82.7 Å². The number of fused-ring (bicyclic) bond motifs is 1. The Kier molecular flexibility index (Phi) is 2.02. The fourth-order valence-electron chi connectivity index (χ4n) is 1.58. The van der Waals surface area contributed by atoms with Gasteiger partial charge >= 0.3 is 0 Å². The number of rotatable bonds is 1. The second kappa shape index (κ2) is 3.20. The van der Waals surface area contributed by atoms with Gasteiger partial charge in [-0.05, 0) is 24.4 Å². The number of hydrazine groups is 1. The first-order valence-electron chi connectivity index (χ1n) is 4.48. The lowest BCUT2D eigenvalue weighted by Crippen LogP contribution is -2.09. The Bertz CT molecular complexity index is 477. The highest BCUT2D eigenvalue weighted by Gasteiger charge is 2.02. The first-order chi connectivity index (χ1) is 6.72. The third kappa shape index (κ3) is 1.28. The third-order valence-corrected chi connectivity index (χ3v) is 2.37. The van der Waals surface area contributed by atoms with Crippen LogP contribution in [0.2, 0.25) is 0 Å². The molecule has 0 aliphatic rings. The van der Waals surface area contributed by atoms with Crippen molar-refractivity contribution in [2.24, 2.45) is 5.84 Å². The quantitative estimate of drug-likeness (QED) is 0.363. The molecule has 3 nitrogen and oxygen atoms in total. The maximum atomic E-state index is 5.96. The largest absolute Gasteiger partial charge is 0.397 e. The molecule has 2 aromatic rings. The Hall–Kier alpha value is -1.74. The summed E-state index contributed by atoms with van der Waals surface area (Å²) in [5.41, 5.74) is 11.2. The van der Waals surface area contributed by atoms with Crippen molar-refractivity contribution in [3.63, 3.8) is 0 Å². The molecule has 0 fully saturated rings. The molecule has 0 atom stereocenters. The Morgan fingerprint density at radius 2 is 1.86 bits per heavy atom. The van der Waals surface area contributed by atoms with E-state index >= 15 is 0 Å². The minimum absolute atomic E-state index is 0.703. The minimum atomic E-state index is 0.703. The molecule has 0 spiro atoms. The summed E-state index contributed by atoms with van der Waals surface area (Å²) in [5, 5.41) is 2.17. The van der Waals surface area contributed by atoms with Crippen molar-refractivity contribution in [1.29, 1.82) is 0 Å². The van der Waals surface area contributed by atoms with Crippen molar-refractivity contribution >= 4 is 22.1 Å². The summed E-state index contributed by atoms with van der Waals surface area (Å²) < 4.78 is 0. The molecule has 0 heterocycles. The van der Waals surface area contributed by atoms with Crippen LogP contribution in [-0.4, -0.2) is 0 Å². The normalized spacial score (nSPS) is 10.4. The Morgan fingerprint density at radius 1 is 1.14 bits per heavy atom. The van der Waals surface area contributed by atoms with Gasteiger partial charge in [0.1, 0.15) is 0 Å². The van der Waals surface area contributed by atoms with E-state index in [2.05, 4.69) is 23.6 Å². The molecule has 0 aliphatic heterocycles. The van der Waals surface area contributed by atoms with Crippen LogP contribution in [0.1, 0.15) is 5.56 Å². The molecule has 0 aliphatic carbocycles. The highest BCUT2D eigenvalue weighted by molar-refractivity contribution is 5.99. The van der Waals surface area contributed by atoms with Crippen LogP contribution >= 0.6 is 0 Å².